The number of hydrogen-bond acceptors (Lipinski definition) is 7. The van der Waals surface area contributed by atoms with Crippen molar-refractivity contribution in [3.8, 4) is 11.3 Å². The fourth-order valence-corrected chi connectivity index (χ4v) is 4.43. The summed E-state index contributed by atoms with van der Waals surface area (Å²) in [5.41, 5.74) is 3.46. The molecule has 0 aliphatic heterocycles. The van der Waals surface area contributed by atoms with Gasteiger partial charge in [-0.2, -0.15) is 10.2 Å². The van der Waals surface area contributed by atoms with E-state index in [0.29, 0.717) is 22.2 Å². The van der Waals surface area contributed by atoms with Crippen LogP contribution in [0, 0.1) is 6.92 Å². The number of carbonyl (C=O) groups is 2. The third kappa shape index (κ3) is 4.73. The fourth-order valence-electron chi connectivity index (χ4n) is 3.48. The Morgan fingerprint density at radius 2 is 1.90 bits per heavy atom. The van der Waals surface area contributed by atoms with E-state index in [1.165, 1.54) is 24.7 Å². The molecular weight excluding hydrogens is 402 g/mol. The number of amides is 2. The number of nitrogens with zero attached hydrogens (tertiary/aromatic N) is 3. The first-order valence-electron chi connectivity index (χ1n) is 9.98. The van der Waals surface area contributed by atoms with Gasteiger partial charge in [0.05, 0.1) is 27.3 Å². The zero-order valence-corrected chi connectivity index (χ0v) is 17.7. The quantitative estimate of drug-likeness (QED) is 0.616. The van der Waals surface area contributed by atoms with Gasteiger partial charge in [-0.05, 0) is 50.8 Å². The van der Waals surface area contributed by atoms with Crippen molar-refractivity contribution >= 4 is 44.4 Å². The van der Waals surface area contributed by atoms with E-state index in [1.54, 1.807) is 13.0 Å². The number of aryl methyl sites for hydroxylation is 1. The maximum absolute atomic E-state index is 12.3. The summed E-state index contributed by atoms with van der Waals surface area (Å²) in [6.07, 6.45) is 4.77. The topological polar surface area (TPSA) is 106 Å². The Hall–Kier alpha value is -3.07. The van der Waals surface area contributed by atoms with Gasteiger partial charge in [-0.3, -0.25) is 10.1 Å². The third-order valence-corrected chi connectivity index (χ3v) is 5.94. The molecule has 3 aromatic rings. The van der Waals surface area contributed by atoms with Gasteiger partial charge in [0.1, 0.15) is 6.10 Å². The highest BCUT2D eigenvalue weighted by Gasteiger charge is 2.19. The van der Waals surface area contributed by atoms with E-state index in [4.69, 9.17) is 4.74 Å². The van der Waals surface area contributed by atoms with Gasteiger partial charge in [0, 0.05) is 12.5 Å². The summed E-state index contributed by atoms with van der Waals surface area (Å²) in [4.78, 5) is 28.0. The highest BCUT2D eigenvalue weighted by Crippen LogP contribution is 2.31. The zero-order chi connectivity index (χ0) is 21.1. The lowest BCUT2D eigenvalue weighted by Crippen LogP contribution is -2.24. The highest BCUT2D eigenvalue weighted by molar-refractivity contribution is 7.22. The van der Waals surface area contributed by atoms with Crippen LogP contribution in [0.15, 0.2) is 24.3 Å². The molecule has 8 nitrogen and oxygen atoms in total. The van der Waals surface area contributed by atoms with Gasteiger partial charge in [0.2, 0.25) is 5.91 Å². The van der Waals surface area contributed by atoms with Gasteiger partial charge in [-0.25, -0.2) is 9.78 Å². The summed E-state index contributed by atoms with van der Waals surface area (Å²) in [5, 5.41) is 14.5. The number of fused-ring (bicyclic) bond motifs is 1. The van der Waals surface area contributed by atoms with E-state index in [-0.39, 0.29) is 12.0 Å². The average Bonchev–Trinajstić information content (AvgIpc) is 3.11. The molecule has 0 radical (unpaired) electrons. The SMILES string of the molecule is CC(=O)Nc1nc2ccc(-c3cc(NC(=O)OC4CCCCC4)c(C)nn3)cc2s1. The molecule has 0 bridgehead atoms. The Kier molecular flexibility index (Phi) is 5.89. The van der Waals surface area contributed by atoms with Crippen molar-refractivity contribution in [2.24, 2.45) is 0 Å². The molecular formula is C21H23N5O3S. The minimum atomic E-state index is -0.457. The minimum absolute atomic E-state index is 0.0140. The van der Waals surface area contributed by atoms with E-state index >= 15 is 0 Å². The number of benzene rings is 1. The van der Waals surface area contributed by atoms with Crippen LogP contribution >= 0.6 is 11.3 Å². The first kappa shape index (κ1) is 20.2. The molecule has 2 aromatic heterocycles. The summed E-state index contributed by atoms with van der Waals surface area (Å²) in [5.74, 6) is -0.158. The molecule has 2 amide bonds. The molecule has 2 heterocycles. The van der Waals surface area contributed by atoms with Crippen molar-refractivity contribution in [3.63, 3.8) is 0 Å². The van der Waals surface area contributed by atoms with Crippen molar-refractivity contribution in [1.29, 1.82) is 0 Å². The predicted octanol–water partition coefficient (Wildman–Crippen LogP) is 4.90. The first-order valence-corrected chi connectivity index (χ1v) is 10.8. The second-order valence-corrected chi connectivity index (χ2v) is 8.43. The number of rotatable bonds is 4. The number of ether oxygens (including phenoxy) is 1. The van der Waals surface area contributed by atoms with Gasteiger partial charge in [0.15, 0.2) is 5.13 Å². The Morgan fingerprint density at radius 1 is 1.10 bits per heavy atom. The first-order chi connectivity index (χ1) is 14.5. The van der Waals surface area contributed by atoms with Crippen molar-refractivity contribution in [3.05, 3.63) is 30.0 Å². The number of aromatic nitrogens is 3. The average molecular weight is 426 g/mol. The second-order valence-electron chi connectivity index (χ2n) is 7.40. The van der Waals surface area contributed by atoms with Gasteiger partial charge < -0.3 is 10.1 Å². The molecule has 1 aliphatic rings. The van der Waals surface area contributed by atoms with E-state index in [0.717, 1.165) is 41.5 Å². The van der Waals surface area contributed by atoms with Crippen LogP contribution < -0.4 is 10.6 Å². The molecule has 4 rings (SSSR count). The summed E-state index contributed by atoms with van der Waals surface area (Å²) in [6.45, 7) is 3.24. The van der Waals surface area contributed by atoms with Crippen LogP contribution in [-0.4, -0.2) is 33.3 Å². The normalized spacial score (nSPS) is 14.5. The lowest BCUT2D eigenvalue weighted by molar-refractivity contribution is -0.114. The van der Waals surface area contributed by atoms with E-state index < -0.39 is 6.09 Å². The number of thiazole rings is 1. The summed E-state index contributed by atoms with van der Waals surface area (Å²) in [6, 6.07) is 7.50. The van der Waals surface area contributed by atoms with Gasteiger partial charge in [-0.15, -0.1) is 0 Å². The summed E-state index contributed by atoms with van der Waals surface area (Å²) < 4.78 is 6.47. The van der Waals surface area contributed by atoms with Crippen molar-refractivity contribution in [2.75, 3.05) is 10.6 Å². The molecule has 0 saturated heterocycles. The maximum atomic E-state index is 12.3. The Balaban J connectivity index is 1.53. The molecule has 1 aromatic carbocycles. The molecule has 0 atom stereocenters. The lowest BCUT2D eigenvalue weighted by Gasteiger charge is -2.22. The molecule has 0 spiro atoms. The summed E-state index contributed by atoms with van der Waals surface area (Å²) in [7, 11) is 0. The molecule has 1 saturated carbocycles. The van der Waals surface area contributed by atoms with Gasteiger partial charge in [0.25, 0.3) is 0 Å². The number of nitrogens with one attached hydrogen (secondary N) is 2. The van der Waals surface area contributed by atoms with Crippen LogP contribution in [0.25, 0.3) is 21.5 Å². The highest BCUT2D eigenvalue weighted by atomic mass is 32.1. The van der Waals surface area contributed by atoms with Gasteiger partial charge in [-0.1, -0.05) is 23.8 Å². The fraction of sp³-hybridized carbons (Fsp3) is 0.381. The smallest absolute Gasteiger partial charge is 0.411 e. The molecule has 9 heteroatoms. The zero-order valence-electron chi connectivity index (χ0n) is 16.9. The third-order valence-electron chi connectivity index (χ3n) is 5.01. The van der Waals surface area contributed by atoms with E-state index in [2.05, 4.69) is 25.8 Å². The molecule has 1 aliphatic carbocycles. The molecule has 156 valence electrons. The van der Waals surface area contributed by atoms with E-state index in [9.17, 15) is 9.59 Å². The Morgan fingerprint density at radius 3 is 2.67 bits per heavy atom. The van der Waals surface area contributed by atoms with E-state index in [1.807, 2.05) is 18.2 Å². The summed E-state index contributed by atoms with van der Waals surface area (Å²) >= 11 is 1.39. The van der Waals surface area contributed by atoms with Crippen LogP contribution in [0.4, 0.5) is 15.6 Å². The van der Waals surface area contributed by atoms with Crippen LogP contribution in [0.1, 0.15) is 44.7 Å². The van der Waals surface area contributed by atoms with Crippen molar-refractivity contribution in [1.82, 2.24) is 15.2 Å². The maximum Gasteiger partial charge on any atom is 0.411 e. The predicted molar refractivity (Wildman–Crippen MR) is 117 cm³/mol. The molecule has 2 N–H and O–H groups in total. The van der Waals surface area contributed by atoms with Crippen molar-refractivity contribution < 1.29 is 14.3 Å². The number of hydrogen-bond donors (Lipinski definition) is 2. The lowest BCUT2D eigenvalue weighted by atomic mass is 9.98. The molecule has 30 heavy (non-hydrogen) atoms. The Labute approximate surface area is 178 Å². The van der Waals surface area contributed by atoms with Crippen LogP contribution in [0.5, 0.6) is 0 Å². The minimum Gasteiger partial charge on any atom is -0.446 e. The second kappa shape index (κ2) is 8.74. The largest absolute Gasteiger partial charge is 0.446 e. The van der Waals surface area contributed by atoms with Crippen LogP contribution in [0.3, 0.4) is 0 Å². The van der Waals surface area contributed by atoms with Gasteiger partial charge >= 0.3 is 6.09 Å². The number of anilines is 2. The monoisotopic (exact) mass is 425 g/mol. The molecule has 1 fully saturated rings. The molecule has 0 unspecified atom stereocenters. The van der Waals surface area contributed by atoms with Crippen LogP contribution in [-0.2, 0) is 9.53 Å². The Bertz CT molecular complexity index is 1090. The van der Waals surface area contributed by atoms with Crippen molar-refractivity contribution in [2.45, 2.75) is 52.1 Å². The van der Waals surface area contributed by atoms with Crippen LogP contribution in [0.2, 0.25) is 0 Å². The standard InChI is InChI=1S/C21H23N5O3S/c1-12-17(24-21(28)29-15-6-4-3-5-7-15)11-18(26-25-12)14-8-9-16-19(10-14)30-20(23-16)22-13(2)27/h8-11,15H,3-7H2,1-2H3,(H,22,23,27)(H,24,26,28). The number of carbonyl (C=O) groups excluding carboxylic acids is 2.